The third kappa shape index (κ3) is 4.22. The Balaban J connectivity index is 1.60. The Bertz CT molecular complexity index is 1420. The number of anilines is 3. The van der Waals surface area contributed by atoms with E-state index in [2.05, 4.69) is 30.0 Å². The van der Waals surface area contributed by atoms with E-state index >= 15 is 0 Å². The van der Waals surface area contributed by atoms with Crippen LogP contribution in [0.4, 0.5) is 17.5 Å². The number of carbonyl (C=O) groups is 1. The lowest BCUT2D eigenvalue weighted by atomic mass is 10.2. The topological polar surface area (TPSA) is 136 Å². The number of carbonyl (C=O) groups excluding carboxylic acids is 1. The molecule has 0 spiro atoms. The van der Waals surface area contributed by atoms with E-state index in [9.17, 15) is 13.2 Å². The molecule has 0 aliphatic heterocycles. The van der Waals surface area contributed by atoms with Gasteiger partial charge in [0, 0.05) is 17.6 Å². The zero-order valence-electron chi connectivity index (χ0n) is 17.3. The summed E-state index contributed by atoms with van der Waals surface area (Å²) in [5.41, 5.74) is 1.97. The highest BCUT2D eigenvalue weighted by Gasteiger charge is 2.20. The summed E-state index contributed by atoms with van der Waals surface area (Å²) in [5.74, 6) is 0.0711. The maximum atomic E-state index is 12.6. The van der Waals surface area contributed by atoms with E-state index in [1.165, 1.54) is 43.1 Å². The van der Waals surface area contributed by atoms with Gasteiger partial charge in [0.2, 0.25) is 5.95 Å². The Morgan fingerprint density at radius 3 is 2.50 bits per heavy atom. The Morgan fingerprint density at radius 2 is 1.81 bits per heavy atom. The fraction of sp³-hybridized carbons (Fsp3) is 0.150. The molecule has 4 aromatic rings. The number of benzene rings is 1. The van der Waals surface area contributed by atoms with Crippen molar-refractivity contribution < 1.29 is 17.9 Å². The summed E-state index contributed by atoms with van der Waals surface area (Å²) < 4.78 is 32.4. The van der Waals surface area contributed by atoms with E-state index < -0.39 is 16.0 Å². The summed E-state index contributed by atoms with van der Waals surface area (Å²) in [6.45, 7) is 3.54. The van der Waals surface area contributed by atoms with Crippen LogP contribution >= 0.6 is 11.3 Å². The number of sulfonamides is 1. The Labute approximate surface area is 187 Å². The number of hydrogen-bond acceptors (Lipinski definition) is 10. The van der Waals surface area contributed by atoms with Crippen LogP contribution in [0, 0.1) is 13.8 Å². The van der Waals surface area contributed by atoms with Crippen molar-refractivity contribution in [2.75, 3.05) is 17.1 Å². The predicted octanol–water partition coefficient (Wildman–Crippen LogP) is 3.43. The van der Waals surface area contributed by atoms with Crippen molar-refractivity contribution >= 4 is 55.0 Å². The Morgan fingerprint density at radius 1 is 1.06 bits per heavy atom. The summed E-state index contributed by atoms with van der Waals surface area (Å²) in [7, 11) is -2.52. The van der Waals surface area contributed by atoms with Crippen molar-refractivity contribution in [3.8, 4) is 0 Å². The second kappa shape index (κ2) is 8.48. The average molecular weight is 471 g/mol. The van der Waals surface area contributed by atoms with E-state index in [0.717, 1.165) is 0 Å². The highest BCUT2D eigenvalue weighted by Crippen LogP contribution is 2.34. The quantitative estimate of drug-likeness (QED) is 0.406. The van der Waals surface area contributed by atoms with Gasteiger partial charge in [0.25, 0.3) is 10.0 Å². The van der Waals surface area contributed by atoms with Crippen molar-refractivity contribution in [1.82, 2.24) is 19.9 Å². The van der Waals surface area contributed by atoms with Crippen molar-refractivity contribution in [3.63, 3.8) is 0 Å². The zero-order chi connectivity index (χ0) is 22.9. The van der Waals surface area contributed by atoms with Crippen LogP contribution in [0.25, 0.3) is 10.2 Å². The second-order valence-electron chi connectivity index (χ2n) is 6.73. The van der Waals surface area contributed by atoms with Gasteiger partial charge in [-0.1, -0.05) is 0 Å². The van der Waals surface area contributed by atoms with Gasteiger partial charge in [0.1, 0.15) is 21.9 Å². The monoisotopic (exact) mass is 470 g/mol. The maximum absolute atomic E-state index is 12.6. The molecule has 0 bridgehead atoms. The van der Waals surface area contributed by atoms with Gasteiger partial charge in [-0.15, -0.1) is 11.3 Å². The molecule has 32 heavy (non-hydrogen) atoms. The van der Waals surface area contributed by atoms with Gasteiger partial charge in [-0.2, -0.15) is 0 Å². The molecule has 0 saturated heterocycles. The lowest BCUT2D eigenvalue weighted by molar-refractivity contribution is 0.0605. The highest BCUT2D eigenvalue weighted by atomic mass is 32.2. The van der Waals surface area contributed by atoms with Crippen LogP contribution in [0.1, 0.15) is 20.9 Å². The number of aryl methyl sites for hydroxylation is 2. The molecule has 1 aromatic carbocycles. The molecule has 10 nitrogen and oxygen atoms in total. The molecule has 0 fully saturated rings. The van der Waals surface area contributed by atoms with Crippen LogP contribution < -0.4 is 10.0 Å². The molecule has 0 aliphatic carbocycles. The van der Waals surface area contributed by atoms with E-state index in [0.29, 0.717) is 37.9 Å². The third-order valence-corrected chi connectivity index (χ3v) is 7.07. The van der Waals surface area contributed by atoms with Crippen LogP contribution in [0.2, 0.25) is 0 Å². The van der Waals surface area contributed by atoms with E-state index in [1.807, 2.05) is 0 Å². The Hall–Kier alpha value is -3.64. The first-order valence-electron chi connectivity index (χ1n) is 9.30. The summed E-state index contributed by atoms with van der Waals surface area (Å²) >= 11 is 1.22. The molecule has 0 amide bonds. The molecule has 4 rings (SSSR count). The Kier molecular flexibility index (Phi) is 5.72. The number of ether oxygens (including phenoxy) is 1. The molecular formula is C20H18N6O4S2. The number of esters is 1. The third-order valence-electron chi connectivity index (χ3n) is 4.55. The summed E-state index contributed by atoms with van der Waals surface area (Å²) in [6, 6.07) is 7.81. The van der Waals surface area contributed by atoms with Crippen LogP contribution in [-0.4, -0.2) is 41.4 Å². The van der Waals surface area contributed by atoms with Crippen molar-refractivity contribution in [2.24, 2.45) is 0 Å². The van der Waals surface area contributed by atoms with Gasteiger partial charge in [0.05, 0.1) is 17.4 Å². The van der Waals surface area contributed by atoms with Gasteiger partial charge >= 0.3 is 5.97 Å². The van der Waals surface area contributed by atoms with Crippen LogP contribution in [0.15, 0.2) is 47.8 Å². The van der Waals surface area contributed by atoms with Gasteiger partial charge in [0.15, 0.2) is 0 Å². The van der Waals surface area contributed by atoms with Crippen LogP contribution in [0.3, 0.4) is 0 Å². The van der Waals surface area contributed by atoms with Gasteiger partial charge in [-0.25, -0.2) is 37.9 Å². The number of nitrogens with one attached hydrogen (secondary N) is 2. The molecule has 3 aromatic heterocycles. The standard InChI is InChI=1S/C20H18N6O4S2/c1-11-8-9-21-20(24-11)26-32(28,29)14-6-4-13(5-7-14)25-17-15-12(2)16(19(27)30-3)31-18(15)23-10-22-17/h4-10H,1-3H3,(H,21,24,26)(H,22,23,25). The minimum atomic E-state index is -3.85. The first-order chi connectivity index (χ1) is 15.3. The summed E-state index contributed by atoms with van der Waals surface area (Å²) in [5, 5.41) is 3.86. The molecule has 0 saturated carbocycles. The van der Waals surface area contributed by atoms with Crippen LogP contribution in [0.5, 0.6) is 0 Å². The molecule has 0 aliphatic rings. The second-order valence-corrected chi connectivity index (χ2v) is 9.41. The number of methoxy groups -OCH3 is 1. The normalized spacial score (nSPS) is 11.3. The minimum absolute atomic E-state index is 0.00456. The number of hydrogen-bond donors (Lipinski definition) is 2. The van der Waals surface area contributed by atoms with E-state index in [-0.39, 0.29) is 10.8 Å². The summed E-state index contributed by atoms with van der Waals surface area (Å²) in [4.78, 5) is 29.6. The molecule has 0 radical (unpaired) electrons. The number of aromatic nitrogens is 4. The SMILES string of the molecule is COC(=O)c1sc2ncnc(Nc3ccc(S(=O)(=O)Nc4nccc(C)n4)cc3)c2c1C. The number of fused-ring (bicyclic) bond motifs is 1. The van der Waals surface area contributed by atoms with E-state index in [4.69, 9.17) is 4.74 Å². The molecule has 2 N–H and O–H groups in total. The minimum Gasteiger partial charge on any atom is -0.465 e. The maximum Gasteiger partial charge on any atom is 0.348 e. The summed E-state index contributed by atoms with van der Waals surface area (Å²) in [6.07, 6.45) is 2.87. The first kappa shape index (κ1) is 21.6. The first-order valence-corrected chi connectivity index (χ1v) is 11.6. The van der Waals surface area contributed by atoms with Gasteiger partial charge in [-0.3, -0.25) is 0 Å². The highest BCUT2D eigenvalue weighted by molar-refractivity contribution is 7.92. The van der Waals surface area contributed by atoms with Crippen molar-refractivity contribution in [2.45, 2.75) is 18.7 Å². The average Bonchev–Trinajstić information content (AvgIpc) is 3.11. The van der Waals surface area contributed by atoms with Gasteiger partial charge in [-0.05, 0) is 49.7 Å². The molecule has 12 heteroatoms. The zero-order valence-corrected chi connectivity index (χ0v) is 18.9. The molecule has 0 unspecified atom stereocenters. The lowest BCUT2D eigenvalue weighted by Crippen LogP contribution is -2.15. The number of nitrogens with zero attached hydrogens (tertiary/aromatic N) is 4. The van der Waals surface area contributed by atoms with Crippen molar-refractivity contribution in [1.29, 1.82) is 0 Å². The molecule has 164 valence electrons. The predicted molar refractivity (Wildman–Crippen MR) is 121 cm³/mol. The lowest BCUT2D eigenvalue weighted by Gasteiger charge is -2.10. The van der Waals surface area contributed by atoms with Crippen LogP contribution in [-0.2, 0) is 14.8 Å². The smallest absolute Gasteiger partial charge is 0.348 e. The molecular weight excluding hydrogens is 452 g/mol. The number of rotatable bonds is 6. The fourth-order valence-electron chi connectivity index (χ4n) is 2.99. The number of thiophene rings is 1. The largest absolute Gasteiger partial charge is 0.465 e. The van der Waals surface area contributed by atoms with Gasteiger partial charge < -0.3 is 10.1 Å². The fourth-order valence-corrected chi connectivity index (χ4v) is 5.00. The molecule has 0 atom stereocenters. The van der Waals surface area contributed by atoms with E-state index in [1.54, 1.807) is 32.0 Å². The van der Waals surface area contributed by atoms with Crippen molar-refractivity contribution in [3.05, 3.63) is 59.0 Å². The molecule has 3 heterocycles.